The summed E-state index contributed by atoms with van der Waals surface area (Å²) in [7, 11) is 0. The van der Waals surface area contributed by atoms with Gasteiger partial charge in [-0.05, 0) is 50.1 Å². The molecule has 0 radical (unpaired) electrons. The predicted molar refractivity (Wildman–Crippen MR) is 126 cm³/mol. The maximum atomic E-state index is 13.8. The summed E-state index contributed by atoms with van der Waals surface area (Å²) in [5, 5.41) is 16.3. The first-order chi connectivity index (χ1) is 15.4. The maximum absolute atomic E-state index is 13.8. The lowest BCUT2D eigenvalue weighted by molar-refractivity contribution is 0.198. The van der Waals surface area contributed by atoms with Crippen molar-refractivity contribution >= 4 is 33.6 Å². The third-order valence-electron chi connectivity index (χ3n) is 4.70. The van der Waals surface area contributed by atoms with Crippen LogP contribution in [0.25, 0.3) is 10.6 Å². The van der Waals surface area contributed by atoms with Crippen LogP contribution in [0.3, 0.4) is 0 Å². The van der Waals surface area contributed by atoms with Crippen LogP contribution >= 0.6 is 22.7 Å². The topological polar surface area (TPSA) is 80.2 Å². The van der Waals surface area contributed by atoms with E-state index in [1.54, 1.807) is 19.2 Å². The highest BCUT2D eigenvalue weighted by Crippen LogP contribution is 2.34. The second-order valence-electron chi connectivity index (χ2n) is 7.39. The van der Waals surface area contributed by atoms with Crippen molar-refractivity contribution in [3.05, 3.63) is 69.6 Å². The normalized spacial score (nSPS) is 12.0. The number of aryl methyl sites for hydroxylation is 2. The van der Waals surface area contributed by atoms with E-state index in [1.165, 1.54) is 28.7 Å². The molecule has 0 saturated heterocycles. The van der Waals surface area contributed by atoms with Gasteiger partial charge in [0.15, 0.2) is 16.7 Å². The zero-order valence-electron chi connectivity index (χ0n) is 17.9. The average Bonchev–Trinajstić information content (AvgIpc) is 3.37. The van der Waals surface area contributed by atoms with Gasteiger partial charge >= 0.3 is 0 Å². The lowest BCUT2D eigenvalue weighted by Gasteiger charge is -2.08. The minimum absolute atomic E-state index is 0.262. The van der Waals surface area contributed by atoms with E-state index in [1.807, 2.05) is 37.4 Å². The monoisotopic (exact) mass is 470 g/mol. The standard InChI is InChI=1S/C23H23FN4O2S2/c1-13-4-6-19(17(24)10-13)30-9-8-16-5-7-20(25-11-16)28-23-27-18(12-31-23)21-14(2)26-22(32-21)15(3)29/h4-7,10-12,15,29H,8-9H2,1-3H3,(H,25,27,28). The second kappa shape index (κ2) is 9.72. The number of benzene rings is 1. The number of hydrogen-bond donors (Lipinski definition) is 2. The number of nitrogens with zero attached hydrogens (tertiary/aromatic N) is 3. The third-order valence-corrected chi connectivity index (χ3v) is 6.81. The first-order valence-electron chi connectivity index (χ1n) is 10.1. The van der Waals surface area contributed by atoms with E-state index in [9.17, 15) is 9.50 Å². The molecule has 0 bridgehead atoms. The fraction of sp³-hybridized carbons (Fsp3) is 0.261. The summed E-state index contributed by atoms with van der Waals surface area (Å²) in [5.41, 5.74) is 3.55. The van der Waals surface area contributed by atoms with Crippen molar-refractivity contribution in [3.63, 3.8) is 0 Å². The summed E-state index contributed by atoms with van der Waals surface area (Å²) >= 11 is 2.94. The van der Waals surface area contributed by atoms with Crippen molar-refractivity contribution in [1.82, 2.24) is 15.0 Å². The van der Waals surface area contributed by atoms with Crippen molar-refractivity contribution in [2.45, 2.75) is 33.3 Å². The maximum Gasteiger partial charge on any atom is 0.188 e. The van der Waals surface area contributed by atoms with Gasteiger partial charge in [0, 0.05) is 18.0 Å². The van der Waals surface area contributed by atoms with Gasteiger partial charge in [-0.2, -0.15) is 0 Å². The number of anilines is 2. The molecule has 1 unspecified atom stereocenters. The summed E-state index contributed by atoms with van der Waals surface area (Å²) in [4.78, 5) is 14.4. The Morgan fingerprint density at radius 1 is 1.19 bits per heavy atom. The Hall–Kier alpha value is -2.88. The van der Waals surface area contributed by atoms with Crippen molar-refractivity contribution in [3.8, 4) is 16.3 Å². The van der Waals surface area contributed by atoms with Crippen LogP contribution < -0.4 is 10.1 Å². The number of rotatable bonds is 8. The quantitative estimate of drug-likeness (QED) is 0.337. The molecule has 166 valence electrons. The fourth-order valence-electron chi connectivity index (χ4n) is 3.03. The van der Waals surface area contributed by atoms with E-state index >= 15 is 0 Å². The predicted octanol–water partition coefficient (Wildman–Crippen LogP) is 5.84. The lowest BCUT2D eigenvalue weighted by Crippen LogP contribution is -2.03. The number of ether oxygens (including phenoxy) is 1. The molecule has 0 aliphatic heterocycles. The summed E-state index contributed by atoms with van der Waals surface area (Å²) in [6.07, 6.45) is 1.80. The van der Waals surface area contributed by atoms with E-state index in [0.29, 0.717) is 23.9 Å². The van der Waals surface area contributed by atoms with Gasteiger partial charge in [-0.15, -0.1) is 22.7 Å². The summed E-state index contributed by atoms with van der Waals surface area (Å²) < 4.78 is 19.4. The van der Waals surface area contributed by atoms with Crippen molar-refractivity contribution in [2.24, 2.45) is 0 Å². The number of nitrogens with one attached hydrogen (secondary N) is 1. The first kappa shape index (κ1) is 22.3. The number of thiazole rings is 2. The van der Waals surface area contributed by atoms with Crippen LogP contribution in [0.1, 0.15) is 34.9 Å². The number of aliphatic hydroxyl groups excluding tert-OH is 1. The fourth-order valence-corrected chi connectivity index (χ4v) is 4.77. The van der Waals surface area contributed by atoms with Gasteiger partial charge in [0.2, 0.25) is 0 Å². The Bertz CT molecular complexity index is 1210. The lowest BCUT2D eigenvalue weighted by atomic mass is 10.2. The molecule has 0 saturated carbocycles. The molecule has 1 atom stereocenters. The zero-order chi connectivity index (χ0) is 22.7. The Kier molecular flexibility index (Phi) is 6.78. The van der Waals surface area contributed by atoms with Gasteiger partial charge in [-0.3, -0.25) is 0 Å². The van der Waals surface area contributed by atoms with E-state index in [4.69, 9.17) is 4.74 Å². The molecule has 9 heteroatoms. The molecule has 6 nitrogen and oxygen atoms in total. The van der Waals surface area contributed by atoms with E-state index in [-0.39, 0.29) is 11.6 Å². The van der Waals surface area contributed by atoms with Crippen LogP contribution in [0.5, 0.6) is 5.75 Å². The molecule has 3 aromatic heterocycles. The molecule has 0 fully saturated rings. The molecule has 2 N–H and O–H groups in total. The number of halogens is 1. The van der Waals surface area contributed by atoms with Gasteiger partial charge < -0.3 is 15.2 Å². The minimum atomic E-state index is -0.590. The second-order valence-corrected chi connectivity index (χ2v) is 9.28. The van der Waals surface area contributed by atoms with Gasteiger partial charge in [-0.1, -0.05) is 12.1 Å². The van der Waals surface area contributed by atoms with Crippen molar-refractivity contribution in [1.29, 1.82) is 0 Å². The molecule has 32 heavy (non-hydrogen) atoms. The van der Waals surface area contributed by atoms with Gasteiger partial charge in [0.05, 0.1) is 22.9 Å². The summed E-state index contributed by atoms with van der Waals surface area (Å²) in [6, 6.07) is 8.78. The highest BCUT2D eigenvalue weighted by molar-refractivity contribution is 7.17. The Morgan fingerprint density at radius 2 is 2.03 bits per heavy atom. The zero-order valence-corrected chi connectivity index (χ0v) is 19.6. The van der Waals surface area contributed by atoms with Gasteiger partial charge in [-0.25, -0.2) is 19.3 Å². The van der Waals surface area contributed by atoms with Crippen LogP contribution in [0.4, 0.5) is 15.3 Å². The van der Waals surface area contributed by atoms with E-state index < -0.39 is 6.10 Å². The molecule has 0 aliphatic carbocycles. The van der Waals surface area contributed by atoms with Crippen molar-refractivity contribution in [2.75, 3.05) is 11.9 Å². The van der Waals surface area contributed by atoms with Crippen LogP contribution in [0.15, 0.2) is 41.9 Å². The smallest absolute Gasteiger partial charge is 0.188 e. The summed E-state index contributed by atoms with van der Waals surface area (Å²) in [6.45, 7) is 5.83. The minimum Gasteiger partial charge on any atom is -0.490 e. The Morgan fingerprint density at radius 3 is 2.72 bits per heavy atom. The van der Waals surface area contributed by atoms with Gasteiger partial charge in [0.1, 0.15) is 16.9 Å². The molecule has 0 spiro atoms. The Balaban J connectivity index is 1.34. The molecule has 4 aromatic rings. The van der Waals surface area contributed by atoms with Crippen LogP contribution in [0.2, 0.25) is 0 Å². The van der Waals surface area contributed by atoms with E-state index in [0.717, 1.165) is 32.5 Å². The molecule has 0 aliphatic rings. The molecular weight excluding hydrogens is 447 g/mol. The van der Waals surface area contributed by atoms with Crippen LogP contribution in [-0.2, 0) is 6.42 Å². The molecule has 0 amide bonds. The SMILES string of the molecule is Cc1ccc(OCCc2ccc(Nc3nc(-c4sc(C(C)O)nc4C)cs3)nc2)c(F)c1. The first-order valence-corrected chi connectivity index (χ1v) is 11.8. The third kappa shape index (κ3) is 5.29. The largest absolute Gasteiger partial charge is 0.490 e. The number of aliphatic hydroxyl groups is 1. The van der Waals surface area contributed by atoms with Crippen LogP contribution in [0, 0.1) is 19.7 Å². The highest BCUT2D eigenvalue weighted by Gasteiger charge is 2.15. The molecule has 1 aromatic carbocycles. The number of hydrogen-bond acceptors (Lipinski definition) is 8. The van der Waals surface area contributed by atoms with E-state index in [2.05, 4.69) is 20.3 Å². The number of aromatic nitrogens is 3. The summed E-state index contributed by atoms with van der Waals surface area (Å²) in [5.74, 6) is 0.602. The molecule has 4 rings (SSSR count). The molecule has 3 heterocycles. The Labute approximate surface area is 193 Å². The highest BCUT2D eigenvalue weighted by atomic mass is 32.1. The number of pyridine rings is 1. The molecular formula is C23H23FN4O2S2. The van der Waals surface area contributed by atoms with Crippen LogP contribution in [-0.4, -0.2) is 26.7 Å². The van der Waals surface area contributed by atoms with Crippen molar-refractivity contribution < 1.29 is 14.2 Å². The van der Waals surface area contributed by atoms with Gasteiger partial charge in [0.25, 0.3) is 0 Å². The average molecular weight is 471 g/mol.